The first-order valence-corrected chi connectivity index (χ1v) is 5.90. The van der Waals surface area contributed by atoms with Gasteiger partial charge in [0.2, 0.25) is 0 Å². The molecular formula is C9H15Pt. The van der Waals surface area contributed by atoms with Gasteiger partial charge < -0.3 is 0 Å². The molecule has 0 aliphatic heterocycles. The summed E-state index contributed by atoms with van der Waals surface area (Å²) in [6.45, 7) is 0. The quantitative estimate of drug-likeness (QED) is 0.643. The third-order valence-electron chi connectivity index (χ3n) is 1.37. The van der Waals surface area contributed by atoms with Crippen molar-refractivity contribution in [2.45, 2.75) is 31.0 Å². The van der Waals surface area contributed by atoms with Gasteiger partial charge in [0.15, 0.2) is 0 Å². The first-order valence-electron chi connectivity index (χ1n) is 3.63. The Kier molecular flexibility index (Phi) is 9.32. The van der Waals surface area contributed by atoms with Gasteiger partial charge in [0.1, 0.15) is 0 Å². The predicted octanol–water partition coefficient (Wildman–Crippen LogP) is 3.25. The molecule has 0 heterocycles. The summed E-state index contributed by atoms with van der Waals surface area (Å²) in [5.74, 6) is 0. The van der Waals surface area contributed by atoms with Crippen molar-refractivity contribution in [3.8, 4) is 0 Å². The molecule has 0 amide bonds. The van der Waals surface area contributed by atoms with Crippen LogP contribution in [0.1, 0.15) is 25.7 Å². The maximum absolute atomic E-state index is 2.23. The Hall–Kier alpha value is 0.168. The van der Waals surface area contributed by atoms with Gasteiger partial charge in [-0.25, -0.2) is 0 Å². The second-order valence-corrected chi connectivity index (χ2v) is 2.14. The van der Waals surface area contributed by atoms with Gasteiger partial charge in [-0.1, -0.05) is 24.3 Å². The molecule has 0 bridgehead atoms. The molecule has 0 radical (unpaired) electrons. The van der Waals surface area contributed by atoms with E-state index in [0.717, 1.165) is 0 Å². The van der Waals surface area contributed by atoms with Crippen LogP contribution in [-0.4, -0.2) is 0 Å². The molecule has 0 fully saturated rings. The second kappa shape index (κ2) is 9.17. The Morgan fingerprint density at radius 2 is 1.30 bits per heavy atom. The fourth-order valence-corrected chi connectivity index (χ4v) is 0.874. The molecule has 0 unspecified atom stereocenters. The summed E-state index contributed by atoms with van der Waals surface area (Å²) in [4.78, 5) is 0. The van der Waals surface area contributed by atoms with E-state index in [0.29, 0.717) is 0 Å². The molecule has 10 heavy (non-hydrogen) atoms. The van der Waals surface area contributed by atoms with Crippen LogP contribution in [0.2, 0.25) is 5.31 Å². The van der Waals surface area contributed by atoms with Gasteiger partial charge in [-0.2, -0.15) is 0 Å². The molecule has 0 aromatic heterocycles. The molecule has 1 aliphatic rings. The minimum absolute atomic E-state index is 1.27. The zero-order valence-corrected chi connectivity index (χ0v) is 8.73. The molecule has 0 atom stereocenters. The van der Waals surface area contributed by atoms with E-state index in [4.69, 9.17) is 0 Å². The average Bonchev–Trinajstić information content (AvgIpc) is 1.90. The van der Waals surface area contributed by atoms with E-state index in [2.05, 4.69) is 44.1 Å². The fourth-order valence-electron chi connectivity index (χ4n) is 0.874. The van der Waals surface area contributed by atoms with Crippen LogP contribution in [0.3, 0.4) is 0 Å². The van der Waals surface area contributed by atoms with E-state index in [9.17, 15) is 0 Å². The third-order valence-corrected chi connectivity index (χ3v) is 1.37. The van der Waals surface area contributed by atoms with E-state index in [1.54, 1.807) is 0 Å². The Morgan fingerprint density at radius 3 is 1.70 bits per heavy atom. The van der Waals surface area contributed by atoms with Crippen LogP contribution in [0.4, 0.5) is 0 Å². The SMILES string of the molecule is C1=C\CCCC\C=C/1.[CH3][Pt]. The summed E-state index contributed by atoms with van der Waals surface area (Å²) in [6.07, 6.45) is 14.0. The van der Waals surface area contributed by atoms with E-state index in [-0.39, 0.29) is 0 Å². The first-order chi connectivity index (χ1) is 5.00. The molecule has 0 N–H and O–H groups in total. The Morgan fingerprint density at radius 1 is 0.900 bits per heavy atom. The number of hydrogen-bond donors (Lipinski definition) is 0. The van der Waals surface area contributed by atoms with Crippen molar-refractivity contribution in [2.24, 2.45) is 0 Å². The number of hydrogen-bond acceptors (Lipinski definition) is 0. The summed E-state index contributed by atoms with van der Waals surface area (Å²) in [6, 6.07) is 0. The minimum atomic E-state index is 1.27. The van der Waals surface area contributed by atoms with E-state index >= 15 is 0 Å². The van der Waals surface area contributed by atoms with Crippen LogP contribution in [0.25, 0.3) is 0 Å². The zero-order valence-electron chi connectivity index (χ0n) is 6.45. The van der Waals surface area contributed by atoms with Gasteiger partial charge in [-0.15, -0.1) is 0 Å². The van der Waals surface area contributed by atoms with Crippen molar-refractivity contribution < 1.29 is 19.8 Å². The third kappa shape index (κ3) is 6.29. The molecule has 0 saturated carbocycles. The van der Waals surface area contributed by atoms with Crippen LogP contribution < -0.4 is 0 Å². The second-order valence-electron chi connectivity index (χ2n) is 2.14. The van der Waals surface area contributed by atoms with Crippen LogP contribution >= 0.6 is 0 Å². The zero-order chi connectivity index (χ0) is 7.66. The molecule has 1 heteroatoms. The Bertz CT molecular complexity index is 89.3. The van der Waals surface area contributed by atoms with Crippen LogP contribution in [0.15, 0.2) is 24.3 Å². The number of allylic oxidation sites excluding steroid dienone is 4. The molecule has 0 aromatic rings. The first kappa shape index (κ1) is 10.2. The van der Waals surface area contributed by atoms with Crippen LogP contribution in [-0.2, 0) is 19.8 Å². The van der Waals surface area contributed by atoms with Gasteiger partial charge in [0.25, 0.3) is 0 Å². The summed E-state index contributed by atoms with van der Waals surface area (Å²) in [7, 11) is 0. The van der Waals surface area contributed by atoms with E-state index in [1.807, 2.05) is 5.31 Å². The van der Waals surface area contributed by atoms with Gasteiger partial charge in [0, 0.05) is 0 Å². The van der Waals surface area contributed by atoms with Crippen molar-refractivity contribution in [3.05, 3.63) is 24.3 Å². The van der Waals surface area contributed by atoms with Crippen molar-refractivity contribution in [1.29, 1.82) is 0 Å². The van der Waals surface area contributed by atoms with E-state index in [1.165, 1.54) is 25.7 Å². The molecule has 0 aromatic carbocycles. The van der Waals surface area contributed by atoms with Gasteiger partial charge in [-0.05, 0) is 25.7 Å². The summed E-state index contributed by atoms with van der Waals surface area (Å²) in [5, 5.41) is 1.97. The molecule has 1 rings (SSSR count). The topological polar surface area (TPSA) is 0 Å². The van der Waals surface area contributed by atoms with Gasteiger partial charge in [-0.3, -0.25) is 0 Å². The number of rotatable bonds is 0. The monoisotopic (exact) mass is 318 g/mol. The van der Waals surface area contributed by atoms with Crippen molar-refractivity contribution >= 4 is 0 Å². The van der Waals surface area contributed by atoms with Crippen LogP contribution in [0, 0.1) is 0 Å². The van der Waals surface area contributed by atoms with Crippen molar-refractivity contribution in [2.75, 3.05) is 0 Å². The predicted molar refractivity (Wildman–Crippen MR) is 42.6 cm³/mol. The molecular weight excluding hydrogens is 303 g/mol. The molecule has 0 saturated heterocycles. The summed E-state index contributed by atoms with van der Waals surface area (Å²) in [5.41, 5.74) is 0. The van der Waals surface area contributed by atoms with Crippen molar-refractivity contribution in [3.63, 3.8) is 0 Å². The standard InChI is InChI=1S/C8H12.CH3.Pt/c1-2-4-6-8-7-5-3-1;;/h1-4H,5-8H2;1H3;/b3-1-,4-2-;;. The van der Waals surface area contributed by atoms with Gasteiger partial charge in [0.05, 0.1) is 0 Å². The summed E-state index contributed by atoms with van der Waals surface area (Å²) >= 11 is 2.14. The molecule has 61 valence electrons. The summed E-state index contributed by atoms with van der Waals surface area (Å²) < 4.78 is 0. The Balaban J connectivity index is 0.000000371. The molecule has 0 spiro atoms. The van der Waals surface area contributed by atoms with E-state index < -0.39 is 0 Å². The van der Waals surface area contributed by atoms with Crippen LogP contribution in [0.5, 0.6) is 0 Å². The van der Waals surface area contributed by atoms with Gasteiger partial charge >= 0.3 is 25.1 Å². The van der Waals surface area contributed by atoms with Crippen molar-refractivity contribution in [1.82, 2.24) is 0 Å². The fraction of sp³-hybridized carbons (Fsp3) is 0.556. The molecule has 0 nitrogen and oxygen atoms in total. The molecule has 1 aliphatic carbocycles. The normalized spacial score (nSPS) is 23.1. The average molecular weight is 318 g/mol. The Labute approximate surface area is 75.3 Å². The maximum atomic E-state index is 2.23.